The zero-order valence-electron chi connectivity index (χ0n) is 12.2. The molecule has 0 saturated heterocycles. The van der Waals surface area contributed by atoms with Crippen LogP contribution in [0.1, 0.15) is 39.2 Å². The molecule has 1 saturated carbocycles. The minimum atomic E-state index is -2.50. The van der Waals surface area contributed by atoms with Crippen LogP contribution in [-0.4, -0.2) is 11.8 Å². The van der Waals surface area contributed by atoms with Crippen molar-refractivity contribution < 1.29 is 13.2 Å². The maximum atomic E-state index is 15.6. The molecule has 4 heteroatoms. The zero-order chi connectivity index (χ0) is 15.1. The van der Waals surface area contributed by atoms with Gasteiger partial charge in [-0.25, -0.2) is 13.2 Å². The lowest BCUT2D eigenvalue weighted by Gasteiger charge is -2.49. The molecule has 0 amide bonds. The molecule has 1 aliphatic carbocycles. The Morgan fingerprint density at radius 1 is 1.20 bits per heavy atom. The average molecular weight is 285 g/mol. The predicted molar refractivity (Wildman–Crippen MR) is 75.6 cm³/mol. The number of anilines is 1. The SMILES string of the molecule is CC1CC(F)C(F)(C(C)C)C(F)(c2ccc(N)cc2)C1. The summed E-state index contributed by atoms with van der Waals surface area (Å²) in [4.78, 5) is 0. The molecule has 0 aromatic heterocycles. The van der Waals surface area contributed by atoms with E-state index in [9.17, 15) is 4.39 Å². The van der Waals surface area contributed by atoms with E-state index in [4.69, 9.17) is 5.73 Å². The Kier molecular flexibility index (Phi) is 3.78. The molecule has 20 heavy (non-hydrogen) atoms. The second-order valence-electron chi connectivity index (χ2n) is 6.36. The van der Waals surface area contributed by atoms with Gasteiger partial charge in [-0.3, -0.25) is 0 Å². The van der Waals surface area contributed by atoms with Crippen LogP contribution >= 0.6 is 0 Å². The Labute approximate surface area is 118 Å². The molecule has 112 valence electrons. The van der Waals surface area contributed by atoms with E-state index in [0.717, 1.165) is 0 Å². The highest BCUT2D eigenvalue weighted by atomic mass is 19.2. The summed E-state index contributed by atoms with van der Waals surface area (Å²) in [6.07, 6.45) is -1.74. The number of hydrogen-bond donors (Lipinski definition) is 1. The fourth-order valence-corrected chi connectivity index (χ4v) is 3.40. The molecule has 2 rings (SSSR count). The highest BCUT2D eigenvalue weighted by Crippen LogP contribution is 2.56. The first-order valence-corrected chi connectivity index (χ1v) is 7.09. The number of rotatable bonds is 2. The van der Waals surface area contributed by atoms with E-state index < -0.39 is 23.4 Å². The van der Waals surface area contributed by atoms with Gasteiger partial charge in [-0.15, -0.1) is 0 Å². The molecule has 2 N–H and O–H groups in total. The van der Waals surface area contributed by atoms with Crippen molar-refractivity contribution in [2.45, 2.75) is 51.1 Å². The molecule has 0 radical (unpaired) electrons. The second-order valence-corrected chi connectivity index (χ2v) is 6.36. The smallest absolute Gasteiger partial charge is 0.182 e. The Balaban J connectivity index is 2.55. The first-order valence-electron chi connectivity index (χ1n) is 7.09. The Morgan fingerprint density at radius 2 is 1.75 bits per heavy atom. The van der Waals surface area contributed by atoms with Gasteiger partial charge in [0.05, 0.1) is 0 Å². The number of halogens is 3. The Bertz CT molecular complexity index is 473. The lowest BCUT2D eigenvalue weighted by Crippen LogP contribution is -2.59. The zero-order valence-corrected chi connectivity index (χ0v) is 12.2. The molecule has 1 aliphatic rings. The van der Waals surface area contributed by atoms with E-state index >= 15 is 8.78 Å². The van der Waals surface area contributed by atoms with Crippen molar-refractivity contribution in [3.63, 3.8) is 0 Å². The summed E-state index contributed by atoms with van der Waals surface area (Å²) >= 11 is 0. The summed E-state index contributed by atoms with van der Waals surface area (Å²) in [6.45, 7) is 4.83. The van der Waals surface area contributed by atoms with Crippen molar-refractivity contribution in [2.24, 2.45) is 11.8 Å². The van der Waals surface area contributed by atoms with E-state index in [0.29, 0.717) is 5.69 Å². The van der Waals surface area contributed by atoms with Gasteiger partial charge in [0, 0.05) is 5.69 Å². The maximum Gasteiger partial charge on any atom is 0.182 e. The number of nitrogen functional groups attached to an aromatic ring is 1. The summed E-state index contributed by atoms with van der Waals surface area (Å²) in [5.74, 6) is -0.942. The highest BCUT2D eigenvalue weighted by molar-refractivity contribution is 5.42. The quantitative estimate of drug-likeness (QED) is 0.792. The predicted octanol–water partition coefficient (Wildman–Crippen LogP) is 4.57. The van der Waals surface area contributed by atoms with E-state index in [1.165, 1.54) is 38.1 Å². The average Bonchev–Trinajstić information content (AvgIpc) is 2.36. The van der Waals surface area contributed by atoms with Gasteiger partial charge in [-0.05, 0) is 42.4 Å². The highest BCUT2D eigenvalue weighted by Gasteiger charge is 2.64. The van der Waals surface area contributed by atoms with Gasteiger partial charge < -0.3 is 5.73 Å². The molecule has 1 nitrogen and oxygen atoms in total. The minimum absolute atomic E-state index is 0.00792. The van der Waals surface area contributed by atoms with Gasteiger partial charge >= 0.3 is 0 Å². The Hall–Kier alpha value is -1.19. The van der Waals surface area contributed by atoms with Gasteiger partial charge in [0.1, 0.15) is 6.17 Å². The van der Waals surface area contributed by atoms with E-state index in [2.05, 4.69) is 0 Å². The van der Waals surface area contributed by atoms with Crippen LogP contribution in [0.4, 0.5) is 18.9 Å². The third kappa shape index (κ3) is 2.09. The van der Waals surface area contributed by atoms with Crippen LogP contribution in [0.25, 0.3) is 0 Å². The van der Waals surface area contributed by atoms with Gasteiger partial charge in [0.15, 0.2) is 11.3 Å². The first-order chi connectivity index (χ1) is 9.21. The number of alkyl halides is 3. The topological polar surface area (TPSA) is 26.0 Å². The monoisotopic (exact) mass is 285 g/mol. The molecule has 1 aromatic rings. The molecule has 0 bridgehead atoms. The van der Waals surface area contributed by atoms with Gasteiger partial charge in [0.2, 0.25) is 0 Å². The lowest BCUT2D eigenvalue weighted by atomic mass is 9.62. The fourth-order valence-electron chi connectivity index (χ4n) is 3.40. The van der Waals surface area contributed by atoms with Crippen molar-refractivity contribution in [3.05, 3.63) is 29.8 Å². The number of nitrogens with two attached hydrogens (primary N) is 1. The molecular formula is C16H22F3N. The summed E-state index contributed by atoms with van der Waals surface area (Å²) in [7, 11) is 0. The van der Waals surface area contributed by atoms with Crippen molar-refractivity contribution in [1.29, 1.82) is 0 Å². The third-order valence-corrected chi connectivity index (χ3v) is 4.51. The molecule has 4 atom stereocenters. The van der Waals surface area contributed by atoms with Crippen molar-refractivity contribution in [2.75, 3.05) is 5.73 Å². The molecule has 1 fully saturated rings. The maximum absolute atomic E-state index is 15.6. The van der Waals surface area contributed by atoms with Crippen LogP contribution in [0.2, 0.25) is 0 Å². The molecule has 4 unspecified atom stereocenters. The first kappa shape index (κ1) is 15.2. The molecule has 0 aliphatic heterocycles. The minimum Gasteiger partial charge on any atom is -0.399 e. The molecular weight excluding hydrogens is 263 g/mol. The van der Waals surface area contributed by atoms with E-state index in [-0.39, 0.29) is 24.3 Å². The summed E-state index contributed by atoms with van der Waals surface area (Å²) < 4.78 is 45.3. The largest absolute Gasteiger partial charge is 0.399 e. The van der Waals surface area contributed by atoms with Crippen LogP contribution in [0.3, 0.4) is 0 Å². The number of hydrogen-bond acceptors (Lipinski definition) is 1. The van der Waals surface area contributed by atoms with Crippen LogP contribution < -0.4 is 5.73 Å². The third-order valence-electron chi connectivity index (χ3n) is 4.51. The molecule has 0 spiro atoms. The molecule has 0 heterocycles. The van der Waals surface area contributed by atoms with Crippen molar-refractivity contribution >= 4 is 5.69 Å². The van der Waals surface area contributed by atoms with E-state index in [1.807, 2.05) is 0 Å². The van der Waals surface area contributed by atoms with Crippen LogP contribution in [0.5, 0.6) is 0 Å². The fraction of sp³-hybridized carbons (Fsp3) is 0.625. The standard InChI is InChI=1S/C16H22F3N/c1-10(2)16(19)14(17)8-11(3)9-15(16,18)12-4-6-13(20)7-5-12/h4-7,10-11,14H,8-9,20H2,1-3H3. The lowest BCUT2D eigenvalue weighted by molar-refractivity contribution is -0.162. The van der Waals surface area contributed by atoms with Crippen molar-refractivity contribution in [1.82, 2.24) is 0 Å². The van der Waals surface area contributed by atoms with Gasteiger partial charge in [0.25, 0.3) is 0 Å². The summed E-state index contributed by atoms with van der Waals surface area (Å²) in [5.41, 5.74) is 1.43. The van der Waals surface area contributed by atoms with Gasteiger partial charge in [-0.1, -0.05) is 32.9 Å². The summed E-state index contributed by atoms with van der Waals surface area (Å²) in [5, 5.41) is 0. The van der Waals surface area contributed by atoms with Crippen LogP contribution in [0.15, 0.2) is 24.3 Å². The second kappa shape index (κ2) is 4.97. The number of benzene rings is 1. The molecule has 1 aromatic carbocycles. The van der Waals surface area contributed by atoms with Crippen LogP contribution in [0, 0.1) is 11.8 Å². The normalized spacial score (nSPS) is 38.1. The van der Waals surface area contributed by atoms with Crippen LogP contribution in [-0.2, 0) is 5.67 Å². The van der Waals surface area contributed by atoms with E-state index in [1.54, 1.807) is 6.92 Å². The summed E-state index contributed by atoms with van der Waals surface area (Å²) in [6, 6.07) is 6.00. The van der Waals surface area contributed by atoms with Crippen molar-refractivity contribution in [3.8, 4) is 0 Å². The Morgan fingerprint density at radius 3 is 2.25 bits per heavy atom. The van der Waals surface area contributed by atoms with Gasteiger partial charge in [-0.2, -0.15) is 0 Å².